The van der Waals surface area contributed by atoms with Gasteiger partial charge in [0, 0.05) is 25.7 Å². The molecule has 0 aliphatic heterocycles. The van der Waals surface area contributed by atoms with Gasteiger partial charge in [0.2, 0.25) is 5.78 Å². The molecule has 178 valence electrons. The summed E-state index contributed by atoms with van der Waals surface area (Å²) in [7, 11) is 0. The quantitative estimate of drug-likeness (QED) is 0.503. The standard InChI is InChI=1S/C25H36O7/c1-14(26)31-13-22(29)25(30)21(28)12-20-18-6-5-16-11-17(32-15(2)27)7-9-23(16,3)19(18)8-10-24(20,25)4/h5,17-21,28,30H,6-13H2,1-4H3/t17-,18-,19-,20-,21-,23+,24+,25+/m1/s1. The van der Waals surface area contributed by atoms with Gasteiger partial charge in [-0.2, -0.15) is 0 Å². The highest BCUT2D eigenvalue weighted by atomic mass is 16.5. The van der Waals surface area contributed by atoms with Gasteiger partial charge in [0.25, 0.3) is 0 Å². The number of fused-ring (bicyclic) bond motifs is 5. The van der Waals surface area contributed by atoms with Crippen molar-refractivity contribution in [1.82, 2.24) is 0 Å². The van der Waals surface area contributed by atoms with Gasteiger partial charge in [0.15, 0.2) is 12.2 Å². The molecule has 2 N–H and O–H groups in total. The summed E-state index contributed by atoms with van der Waals surface area (Å²) in [5, 5.41) is 22.5. The van der Waals surface area contributed by atoms with Crippen molar-refractivity contribution >= 4 is 17.7 Å². The first-order valence-electron chi connectivity index (χ1n) is 11.9. The molecule has 0 aromatic carbocycles. The summed E-state index contributed by atoms with van der Waals surface area (Å²) in [4.78, 5) is 35.6. The molecular weight excluding hydrogens is 412 g/mol. The normalized spacial score (nSPS) is 45.1. The summed E-state index contributed by atoms with van der Waals surface area (Å²) >= 11 is 0. The Balaban J connectivity index is 1.59. The zero-order valence-corrected chi connectivity index (χ0v) is 19.6. The number of aliphatic hydroxyl groups excluding tert-OH is 1. The van der Waals surface area contributed by atoms with E-state index in [1.54, 1.807) is 0 Å². The molecule has 7 heteroatoms. The second-order valence-corrected chi connectivity index (χ2v) is 10.9. The zero-order chi connectivity index (χ0) is 23.5. The maximum absolute atomic E-state index is 13.0. The fourth-order valence-electron chi connectivity index (χ4n) is 7.76. The van der Waals surface area contributed by atoms with Crippen LogP contribution in [0.2, 0.25) is 0 Å². The average molecular weight is 449 g/mol. The van der Waals surface area contributed by atoms with Crippen LogP contribution in [0.4, 0.5) is 0 Å². The van der Waals surface area contributed by atoms with E-state index < -0.39 is 35.5 Å². The van der Waals surface area contributed by atoms with Gasteiger partial charge in [-0.05, 0) is 61.7 Å². The number of ether oxygens (including phenoxy) is 2. The second kappa shape index (κ2) is 7.94. The number of allylic oxidation sites excluding steroid dienone is 1. The maximum Gasteiger partial charge on any atom is 0.303 e. The number of ketones is 1. The molecule has 7 nitrogen and oxygen atoms in total. The minimum absolute atomic E-state index is 0.00310. The Labute approximate surface area is 189 Å². The largest absolute Gasteiger partial charge is 0.462 e. The molecule has 3 fully saturated rings. The predicted molar refractivity (Wildman–Crippen MR) is 115 cm³/mol. The van der Waals surface area contributed by atoms with Crippen molar-refractivity contribution in [2.45, 2.75) is 90.4 Å². The topological polar surface area (TPSA) is 110 Å². The van der Waals surface area contributed by atoms with Gasteiger partial charge < -0.3 is 19.7 Å². The van der Waals surface area contributed by atoms with E-state index in [2.05, 4.69) is 13.0 Å². The van der Waals surface area contributed by atoms with Crippen LogP contribution in [0.25, 0.3) is 0 Å². The number of hydrogen-bond donors (Lipinski definition) is 2. The fraction of sp³-hybridized carbons (Fsp3) is 0.800. The van der Waals surface area contributed by atoms with Crippen molar-refractivity contribution in [3.05, 3.63) is 11.6 Å². The van der Waals surface area contributed by atoms with Gasteiger partial charge in [-0.1, -0.05) is 25.5 Å². The smallest absolute Gasteiger partial charge is 0.303 e. The van der Waals surface area contributed by atoms with Crippen LogP contribution < -0.4 is 0 Å². The number of aliphatic hydroxyl groups is 2. The van der Waals surface area contributed by atoms with E-state index in [9.17, 15) is 24.6 Å². The van der Waals surface area contributed by atoms with Crippen LogP contribution >= 0.6 is 0 Å². The number of hydrogen-bond acceptors (Lipinski definition) is 7. The van der Waals surface area contributed by atoms with E-state index in [0.29, 0.717) is 18.8 Å². The molecule has 0 aromatic heterocycles. The molecular formula is C25H36O7. The Kier molecular flexibility index (Phi) is 5.82. The highest BCUT2D eigenvalue weighted by Crippen LogP contribution is 2.67. The fourth-order valence-corrected chi connectivity index (χ4v) is 7.76. The first-order chi connectivity index (χ1) is 14.9. The minimum atomic E-state index is -1.91. The van der Waals surface area contributed by atoms with Crippen molar-refractivity contribution in [3.63, 3.8) is 0 Å². The van der Waals surface area contributed by atoms with Crippen LogP contribution in [-0.2, 0) is 23.9 Å². The van der Waals surface area contributed by atoms with Gasteiger partial charge in [-0.15, -0.1) is 0 Å². The summed E-state index contributed by atoms with van der Waals surface area (Å²) in [5.41, 5.74) is -1.30. The van der Waals surface area contributed by atoms with E-state index in [1.165, 1.54) is 19.4 Å². The molecule has 0 bridgehead atoms. The van der Waals surface area contributed by atoms with Crippen molar-refractivity contribution in [2.75, 3.05) is 6.61 Å². The maximum atomic E-state index is 13.0. The Morgan fingerprint density at radius 1 is 1.09 bits per heavy atom. The van der Waals surface area contributed by atoms with Gasteiger partial charge in [-0.25, -0.2) is 0 Å². The third-order valence-corrected chi connectivity index (χ3v) is 9.44. The lowest BCUT2D eigenvalue weighted by Crippen LogP contribution is -2.61. The monoisotopic (exact) mass is 448 g/mol. The van der Waals surface area contributed by atoms with E-state index in [4.69, 9.17) is 9.47 Å². The number of carbonyl (C=O) groups is 3. The molecule has 0 amide bonds. The zero-order valence-electron chi connectivity index (χ0n) is 19.6. The lowest BCUT2D eigenvalue weighted by atomic mass is 9.46. The molecule has 0 spiro atoms. The Morgan fingerprint density at radius 2 is 1.81 bits per heavy atom. The second-order valence-electron chi connectivity index (χ2n) is 10.9. The van der Waals surface area contributed by atoms with Crippen LogP contribution in [0.5, 0.6) is 0 Å². The SMILES string of the molecule is CC(=O)OCC(=O)[C@@]1(O)[C@H](O)C[C@@H]2[C@@H]3CC=C4C[C@H](OC(C)=O)CC[C@]4(C)[C@@H]3CC[C@@]21C. The Hall–Kier alpha value is -1.73. The first-order valence-corrected chi connectivity index (χ1v) is 11.9. The summed E-state index contributed by atoms with van der Waals surface area (Å²) in [6.07, 6.45) is 6.31. The molecule has 0 unspecified atom stereocenters. The molecule has 0 saturated heterocycles. The number of esters is 2. The first kappa shape index (κ1) is 23.4. The summed E-state index contributed by atoms with van der Waals surface area (Å²) in [6.45, 7) is 6.40. The predicted octanol–water partition coefficient (Wildman–Crippen LogP) is 2.71. The lowest BCUT2D eigenvalue weighted by molar-refractivity contribution is -0.181. The Bertz CT molecular complexity index is 849. The van der Waals surface area contributed by atoms with E-state index in [1.807, 2.05) is 6.92 Å². The van der Waals surface area contributed by atoms with Gasteiger partial charge in [0.1, 0.15) is 6.10 Å². The molecule has 4 aliphatic rings. The molecule has 0 aromatic rings. The highest BCUT2D eigenvalue weighted by Gasteiger charge is 2.69. The lowest BCUT2D eigenvalue weighted by Gasteiger charge is -2.58. The van der Waals surface area contributed by atoms with E-state index in [0.717, 1.165) is 32.1 Å². The summed E-state index contributed by atoms with van der Waals surface area (Å²) in [5.74, 6) is -0.761. The van der Waals surface area contributed by atoms with Crippen molar-refractivity contribution < 1.29 is 34.1 Å². The molecule has 3 saturated carbocycles. The van der Waals surface area contributed by atoms with E-state index in [-0.39, 0.29) is 29.3 Å². The molecule has 4 rings (SSSR count). The minimum Gasteiger partial charge on any atom is -0.462 e. The molecule has 8 atom stereocenters. The third-order valence-electron chi connectivity index (χ3n) is 9.44. The molecule has 32 heavy (non-hydrogen) atoms. The van der Waals surface area contributed by atoms with Crippen molar-refractivity contribution in [3.8, 4) is 0 Å². The van der Waals surface area contributed by atoms with Crippen LogP contribution in [-0.4, -0.2) is 52.4 Å². The average Bonchev–Trinajstić information content (AvgIpc) is 2.93. The van der Waals surface area contributed by atoms with Gasteiger partial charge in [-0.3, -0.25) is 14.4 Å². The Morgan fingerprint density at radius 3 is 2.47 bits per heavy atom. The van der Waals surface area contributed by atoms with Gasteiger partial charge in [0.05, 0.1) is 6.10 Å². The molecule has 0 heterocycles. The van der Waals surface area contributed by atoms with Crippen molar-refractivity contribution in [2.24, 2.45) is 28.6 Å². The molecule has 4 aliphatic carbocycles. The van der Waals surface area contributed by atoms with E-state index >= 15 is 0 Å². The highest BCUT2D eigenvalue weighted by molar-refractivity contribution is 5.91. The summed E-state index contributed by atoms with van der Waals surface area (Å²) < 4.78 is 10.4. The van der Waals surface area contributed by atoms with Gasteiger partial charge >= 0.3 is 11.9 Å². The number of carbonyl (C=O) groups excluding carboxylic acids is 3. The van der Waals surface area contributed by atoms with Crippen molar-refractivity contribution in [1.29, 1.82) is 0 Å². The molecule has 0 radical (unpaired) electrons. The van der Waals surface area contributed by atoms with Crippen LogP contribution in [0, 0.1) is 28.6 Å². The van der Waals surface area contributed by atoms with Crippen LogP contribution in [0.3, 0.4) is 0 Å². The van der Waals surface area contributed by atoms with Crippen LogP contribution in [0.1, 0.15) is 72.6 Å². The third kappa shape index (κ3) is 3.35. The van der Waals surface area contributed by atoms with Crippen LogP contribution in [0.15, 0.2) is 11.6 Å². The number of rotatable bonds is 4. The summed E-state index contributed by atoms with van der Waals surface area (Å²) in [6, 6.07) is 0. The number of Topliss-reactive ketones (excluding diaryl/α,β-unsaturated/α-hetero) is 1.